The van der Waals surface area contributed by atoms with E-state index in [2.05, 4.69) is 53.3 Å². The van der Waals surface area contributed by atoms with E-state index in [1.54, 1.807) is 11.8 Å². The summed E-state index contributed by atoms with van der Waals surface area (Å²) >= 11 is 17.3. The van der Waals surface area contributed by atoms with Crippen LogP contribution in [-0.4, -0.2) is 6.04 Å². The third kappa shape index (κ3) is 5.19. The summed E-state index contributed by atoms with van der Waals surface area (Å²) in [6.07, 6.45) is 0. The van der Waals surface area contributed by atoms with Crippen LogP contribution in [0.3, 0.4) is 0 Å². The Kier molecular flexibility index (Phi) is 6.45. The van der Waals surface area contributed by atoms with Crippen molar-refractivity contribution in [3.63, 3.8) is 0 Å². The maximum Gasteiger partial charge on any atom is 0.0603 e. The molecule has 1 N–H and O–H groups in total. The molecular weight excluding hydrogens is 389 g/mol. The molecule has 2 aromatic rings. The predicted molar refractivity (Wildman–Crippen MR) is 96.7 cm³/mol. The van der Waals surface area contributed by atoms with Gasteiger partial charge in [0.25, 0.3) is 0 Å². The quantitative estimate of drug-likeness (QED) is 0.618. The summed E-state index contributed by atoms with van der Waals surface area (Å²) in [5.41, 5.74) is 1.25. The van der Waals surface area contributed by atoms with Crippen LogP contribution in [-0.2, 0) is 6.54 Å². The lowest BCUT2D eigenvalue weighted by Crippen LogP contribution is -2.21. The number of hydrogen-bond donors (Lipinski definition) is 1. The van der Waals surface area contributed by atoms with Gasteiger partial charge in [-0.2, -0.15) is 0 Å². The SMILES string of the molecule is CC(C)NCc1ccc(Sc2ccc(Cl)c(Cl)c2)cc1Br. The Hall–Kier alpha value is -0.190. The monoisotopic (exact) mass is 403 g/mol. The van der Waals surface area contributed by atoms with Gasteiger partial charge in [0.05, 0.1) is 10.0 Å². The van der Waals surface area contributed by atoms with Crippen molar-refractivity contribution in [1.29, 1.82) is 0 Å². The standard InChI is InChI=1S/C16H16BrCl2NS/c1-10(2)20-9-11-3-4-12(7-14(11)17)21-13-5-6-15(18)16(19)8-13/h3-8,10,20H,9H2,1-2H3. The average Bonchev–Trinajstić information content (AvgIpc) is 2.42. The molecule has 1 nitrogen and oxygen atoms in total. The highest BCUT2D eigenvalue weighted by molar-refractivity contribution is 9.10. The first-order valence-electron chi connectivity index (χ1n) is 6.60. The molecule has 0 unspecified atom stereocenters. The molecule has 0 atom stereocenters. The zero-order valence-electron chi connectivity index (χ0n) is 11.8. The first-order valence-corrected chi connectivity index (χ1v) is 8.97. The van der Waals surface area contributed by atoms with Crippen molar-refractivity contribution in [2.75, 3.05) is 0 Å². The highest BCUT2D eigenvalue weighted by atomic mass is 79.9. The Morgan fingerprint density at radius 3 is 2.33 bits per heavy atom. The molecule has 0 fully saturated rings. The van der Waals surface area contributed by atoms with Gasteiger partial charge in [0.1, 0.15) is 0 Å². The second kappa shape index (κ2) is 7.89. The fraction of sp³-hybridized carbons (Fsp3) is 0.250. The molecule has 0 bridgehead atoms. The fourth-order valence-electron chi connectivity index (χ4n) is 1.73. The van der Waals surface area contributed by atoms with Crippen LogP contribution in [0, 0.1) is 0 Å². The van der Waals surface area contributed by atoms with E-state index in [0.717, 1.165) is 20.8 Å². The molecule has 0 aliphatic carbocycles. The number of hydrogen-bond acceptors (Lipinski definition) is 2. The van der Waals surface area contributed by atoms with Gasteiger partial charge in [-0.25, -0.2) is 0 Å². The van der Waals surface area contributed by atoms with Gasteiger partial charge in [-0.15, -0.1) is 0 Å². The third-order valence-electron chi connectivity index (χ3n) is 2.85. The average molecular weight is 405 g/mol. The number of halogens is 3. The molecule has 21 heavy (non-hydrogen) atoms. The van der Waals surface area contributed by atoms with Gasteiger partial charge in [-0.05, 0) is 35.9 Å². The van der Waals surface area contributed by atoms with E-state index in [4.69, 9.17) is 23.2 Å². The van der Waals surface area contributed by atoms with Gasteiger partial charge in [-0.3, -0.25) is 0 Å². The van der Waals surface area contributed by atoms with Crippen molar-refractivity contribution >= 4 is 50.9 Å². The minimum Gasteiger partial charge on any atom is -0.310 e. The molecule has 2 rings (SSSR count). The molecule has 0 heterocycles. The van der Waals surface area contributed by atoms with E-state index in [0.29, 0.717) is 16.1 Å². The Labute approximate surface area is 148 Å². The van der Waals surface area contributed by atoms with E-state index in [1.165, 1.54) is 5.56 Å². The molecule has 5 heteroatoms. The molecule has 0 aromatic heterocycles. The summed E-state index contributed by atoms with van der Waals surface area (Å²) < 4.78 is 1.11. The second-order valence-corrected chi connectivity index (χ2v) is 7.78. The normalized spacial score (nSPS) is 11.1. The molecular formula is C16H16BrCl2NS. The molecule has 0 saturated heterocycles. The smallest absolute Gasteiger partial charge is 0.0603 e. The highest BCUT2D eigenvalue weighted by Gasteiger charge is 2.05. The van der Waals surface area contributed by atoms with Crippen LogP contribution >= 0.6 is 50.9 Å². The summed E-state index contributed by atoms with van der Waals surface area (Å²) in [4.78, 5) is 2.23. The van der Waals surface area contributed by atoms with Gasteiger partial charge in [-0.1, -0.05) is 70.8 Å². The van der Waals surface area contributed by atoms with Crippen molar-refractivity contribution in [1.82, 2.24) is 5.32 Å². The van der Waals surface area contributed by atoms with Gasteiger partial charge in [0.15, 0.2) is 0 Å². The van der Waals surface area contributed by atoms with E-state index in [1.807, 2.05) is 18.2 Å². The van der Waals surface area contributed by atoms with Crippen LogP contribution in [0.1, 0.15) is 19.4 Å². The maximum atomic E-state index is 6.04. The number of rotatable bonds is 5. The summed E-state index contributed by atoms with van der Waals surface area (Å²) in [5.74, 6) is 0. The molecule has 112 valence electrons. The zero-order chi connectivity index (χ0) is 15.4. The van der Waals surface area contributed by atoms with E-state index in [9.17, 15) is 0 Å². The molecule has 2 aromatic carbocycles. The molecule has 0 radical (unpaired) electrons. The van der Waals surface area contributed by atoms with Crippen molar-refractivity contribution < 1.29 is 0 Å². The Morgan fingerprint density at radius 2 is 1.71 bits per heavy atom. The number of benzene rings is 2. The van der Waals surface area contributed by atoms with Crippen LogP contribution in [0.4, 0.5) is 0 Å². The van der Waals surface area contributed by atoms with Gasteiger partial charge in [0.2, 0.25) is 0 Å². The Morgan fingerprint density at radius 1 is 1.05 bits per heavy atom. The summed E-state index contributed by atoms with van der Waals surface area (Å²) in [7, 11) is 0. The third-order valence-corrected chi connectivity index (χ3v) is 5.31. The minimum atomic E-state index is 0.474. The van der Waals surface area contributed by atoms with Crippen molar-refractivity contribution in [2.24, 2.45) is 0 Å². The van der Waals surface area contributed by atoms with Crippen molar-refractivity contribution in [3.8, 4) is 0 Å². The van der Waals surface area contributed by atoms with E-state index < -0.39 is 0 Å². The second-order valence-electron chi connectivity index (χ2n) is 4.97. The zero-order valence-corrected chi connectivity index (χ0v) is 15.7. The van der Waals surface area contributed by atoms with Crippen molar-refractivity contribution in [2.45, 2.75) is 36.2 Å². The largest absolute Gasteiger partial charge is 0.310 e. The van der Waals surface area contributed by atoms with Gasteiger partial charge >= 0.3 is 0 Å². The summed E-state index contributed by atoms with van der Waals surface area (Å²) in [6, 6.07) is 12.5. The van der Waals surface area contributed by atoms with Crippen LogP contribution in [0.25, 0.3) is 0 Å². The topological polar surface area (TPSA) is 12.0 Å². The predicted octanol–water partition coefficient (Wildman–Crippen LogP) is 6.41. The van der Waals surface area contributed by atoms with E-state index in [-0.39, 0.29) is 0 Å². The Bertz CT molecular complexity index is 632. The molecule has 0 amide bonds. The van der Waals surface area contributed by atoms with Crippen LogP contribution in [0.5, 0.6) is 0 Å². The maximum absolute atomic E-state index is 6.04. The lowest BCUT2D eigenvalue weighted by atomic mass is 10.2. The fourth-order valence-corrected chi connectivity index (χ4v) is 3.66. The first kappa shape index (κ1) is 17.2. The van der Waals surface area contributed by atoms with Crippen molar-refractivity contribution in [3.05, 3.63) is 56.5 Å². The molecule has 0 spiro atoms. The van der Waals surface area contributed by atoms with Crippen LogP contribution in [0.2, 0.25) is 10.0 Å². The minimum absolute atomic E-state index is 0.474. The van der Waals surface area contributed by atoms with Gasteiger partial charge in [0, 0.05) is 26.9 Å². The molecule has 0 aliphatic rings. The number of nitrogens with one attached hydrogen (secondary N) is 1. The lowest BCUT2D eigenvalue weighted by Gasteiger charge is -2.11. The van der Waals surface area contributed by atoms with E-state index >= 15 is 0 Å². The molecule has 0 aliphatic heterocycles. The Balaban J connectivity index is 2.10. The summed E-state index contributed by atoms with van der Waals surface area (Å²) in [5, 5.41) is 4.58. The highest BCUT2D eigenvalue weighted by Crippen LogP contribution is 2.34. The summed E-state index contributed by atoms with van der Waals surface area (Å²) in [6.45, 7) is 5.14. The first-order chi connectivity index (χ1) is 9.95. The molecule has 0 saturated carbocycles. The lowest BCUT2D eigenvalue weighted by molar-refractivity contribution is 0.587. The van der Waals surface area contributed by atoms with Gasteiger partial charge < -0.3 is 5.32 Å². The van der Waals surface area contributed by atoms with Crippen LogP contribution in [0.15, 0.2) is 50.7 Å². The van der Waals surface area contributed by atoms with Crippen LogP contribution < -0.4 is 5.32 Å².